The van der Waals surface area contributed by atoms with Crippen molar-refractivity contribution < 1.29 is 4.74 Å². The molecule has 0 amide bonds. The Labute approximate surface area is 171 Å². The fourth-order valence-corrected chi connectivity index (χ4v) is 4.55. The van der Waals surface area contributed by atoms with Gasteiger partial charge < -0.3 is 15.0 Å². The van der Waals surface area contributed by atoms with Crippen molar-refractivity contribution in [2.24, 2.45) is 0 Å². The summed E-state index contributed by atoms with van der Waals surface area (Å²) in [5.74, 6) is 0.992. The Kier molecular flexibility index (Phi) is 5.49. The summed E-state index contributed by atoms with van der Waals surface area (Å²) in [6.07, 6.45) is 14.5. The Balaban J connectivity index is 1.35. The zero-order valence-corrected chi connectivity index (χ0v) is 16.9. The summed E-state index contributed by atoms with van der Waals surface area (Å²) in [5, 5.41) is 9.50. The lowest BCUT2D eigenvalue weighted by Gasteiger charge is -2.26. The molecule has 0 unspecified atom stereocenters. The molecule has 4 heterocycles. The van der Waals surface area contributed by atoms with Gasteiger partial charge in [0.15, 0.2) is 0 Å². The number of aromatic nitrogens is 4. The van der Waals surface area contributed by atoms with E-state index in [1.54, 1.807) is 0 Å². The number of aromatic amines is 1. The van der Waals surface area contributed by atoms with Crippen LogP contribution in [0.25, 0.3) is 22.0 Å². The Morgan fingerprint density at radius 2 is 2.00 bits per heavy atom. The second-order valence-corrected chi connectivity index (χ2v) is 8.21. The van der Waals surface area contributed by atoms with Crippen LogP contribution in [-0.4, -0.2) is 63.5 Å². The Hall–Kier alpha value is -2.38. The van der Waals surface area contributed by atoms with E-state index in [1.165, 1.54) is 43.1 Å². The van der Waals surface area contributed by atoms with Crippen LogP contribution in [0, 0.1) is 0 Å². The van der Waals surface area contributed by atoms with Gasteiger partial charge in [0.2, 0.25) is 0 Å². The van der Waals surface area contributed by atoms with Gasteiger partial charge in [0.1, 0.15) is 5.82 Å². The average molecular weight is 395 g/mol. The largest absolute Gasteiger partial charge is 0.379 e. The monoisotopic (exact) mass is 394 g/mol. The fraction of sp³-hybridized carbons (Fsp3) is 0.545. The van der Waals surface area contributed by atoms with Crippen LogP contribution in [0.15, 0.2) is 30.9 Å². The highest BCUT2D eigenvalue weighted by Crippen LogP contribution is 2.34. The molecular weight excluding hydrogens is 364 g/mol. The fourth-order valence-electron chi connectivity index (χ4n) is 4.55. The van der Waals surface area contributed by atoms with E-state index in [9.17, 15) is 0 Å². The summed E-state index contributed by atoms with van der Waals surface area (Å²) in [6.45, 7) is 5.60. The number of hydrogen-bond acceptors (Lipinski definition) is 5. The smallest absolute Gasteiger partial charge is 0.136 e. The molecule has 0 atom stereocenters. The maximum Gasteiger partial charge on any atom is 0.136 e. The van der Waals surface area contributed by atoms with Gasteiger partial charge in [0.05, 0.1) is 31.5 Å². The van der Waals surface area contributed by atoms with Gasteiger partial charge >= 0.3 is 0 Å². The molecule has 0 bridgehead atoms. The number of pyridine rings is 1. The molecule has 2 N–H and O–H groups in total. The van der Waals surface area contributed by atoms with Crippen molar-refractivity contribution in [3.63, 3.8) is 0 Å². The second kappa shape index (κ2) is 8.55. The number of ether oxygens (including phenoxy) is 1. The maximum absolute atomic E-state index is 5.43. The Morgan fingerprint density at radius 1 is 1.14 bits per heavy atom. The molecule has 1 aliphatic heterocycles. The summed E-state index contributed by atoms with van der Waals surface area (Å²) in [6, 6.07) is 2.58. The van der Waals surface area contributed by atoms with Crippen LogP contribution in [0.4, 0.5) is 5.82 Å². The number of fused-ring (bicyclic) bond motifs is 1. The van der Waals surface area contributed by atoms with Gasteiger partial charge in [-0.15, -0.1) is 0 Å². The summed E-state index contributed by atoms with van der Waals surface area (Å²) in [7, 11) is 0. The molecule has 29 heavy (non-hydrogen) atoms. The zero-order valence-electron chi connectivity index (χ0n) is 16.9. The first-order valence-corrected chi connectivity index (χ1v) is 10.9. The average Bonchev–Trinajstić information content (AvgIpc) is 3.41. The number of rotatable bonds is 6. The minimum atomic E-state index is 0.529. The molecule has 2 aliphatic rings. The molecule has 1 saturated carbocycles. The summed E-state index contributed by atoms with van der Waals surface area (Å²) >= 11 is 0. The van der Waals surface area contributed by atoms with Gasteiger partial charge in [0.25, 0.3) is 0 Å². The molecule has 7 nitrogen and oxygen atoms in total. The van der Waals surface area contributed by atoms with Crippen molar-refractivity contribution in [2.75, 3.05) is 38.2 Å². The molecule has 154 valence electrons. The number of nitrogens with one attached hydrogen (secondary N) is 2. The van der Waals surface area contributed by atoms with E-state index in [4.69, 9.17) is 4.74 Å². The van der Waals surface area contributed by atoms with Crippen molar-refractivity contribution >= 4 is 16.7 Å². The van der Waals surface area contributed by atoms with E-state index in [1.807, 2.05) is 23.1 Å². The first-order valence-electron chi connectivity index (χ1n) is 10.9. The number of nitrogens with zero attached hydrogens (tertiary/aromatic N) is 4. The molecular formula is C22H30N6O. The van der Waals surface area contributed by atoms with Crippen LogP contribution in [-0.2, 0) is 11.3 Å². The summed E-state index contributed by atoms with van der Waals surface area (Å²) in [5.41, 5.74) is 3.43. The summed E-state index contributed by atoms with van der Waals surface area (Å²) in [4.78, 5) is 10.5. The van der Waals surface area contributed by atoms with Gasteiger partial charge in [-0.2, -0.15) is 5.10 Å². The van der Waals surface area contributed by atoms with Crippen molar-refractivity contribution in [2.45, 2.75) is 44.7 Å². The highest BCUT2D eigenvalue weighted by Gasteiger charge is 2.18. The standard InChI is InChI=1S/C22H30N6O/c1-2-4-18(5-3-1)26-22-21-19(15-24-20(21)6-7-23-22)17-14-25-28(16-17)9-8-27-10-12-29-13-11-27/h6-7,14-16,18,24H,1-5,8-13H2,(H,23,26). The van der Waals surface area contributed by atoms with Crippen LogP contribution in [0.2, 0.25) is 0 Å². The minimum absolute atomic E-state index is 0.529. The normalized spacial score (nSPS) is 19.0. The van der Waals surface area contributed by atoms with Gasteiger partial charge in [-0.3, -0.25) is 9.58 Å². The van der Waals surface area contributed by atoms with Gasteiger partial charge in [-0.25, -0.2) is 4.98 Å². The van der Waals surface area contributed by atoms with Crippen LogP contribution >= 0.6 is 0 Å². The Morgan fingerprint density at radius 3 is 2.86 bits per heavy atom. The molecule has 3 aromatic heterocycles. The third-order valence-electron chi connectivity index (χ3n) is 6.23. The molecule has 5 rings (SSSR count). The van der Waals surface area contributed by atoms with E-state index in [2.05, 4.69) is 37.7 Å². The van der Waals surface area contributed by atoms with E-state index in [0.717, 1.165) is 56.3 Å². The highest BCUT2D eigenvalue weighted by atomic mass is 16.5. The van der Waals surface area contributed by atoms with Crippen molar-refractivity contribution in [3.8, 4) is 11.1 Å². The molecule has 0 spiro atoms. The van der Waals surface area contributed by atoms with Gasteiger partial charge in [-0.1, -0.05) is 19.3 Å². The predicted molar refractivity (Wildman–Crippen MR) is 115 cm³/mol. The number of anilines is 1. The summed E-state index contributed by atoms with van der Waals surface area (Å²) < 4.78 is 7.48. The molecule has 0 radical (unpaired) electrons. The van der Waals surface area contributed by atoms with E-state index < -0.39 is 0 Å². The molecule has 3 aromatic rings. The van der Waals surface area contributed by atoms with Crippen molar-refractivity contribution in [1.29, 1.82) is 0 Å². The topological polar surface area (TPSA) is 71.0 Å². The predicted octanol–water partition coefficient (Wildman–Crippen LogP) is 3.50. The Bertz CT molecular complexity index is 936. The molecule has 7 heteroatoms. The number of hydrogen-bond donors (Lipinski definition) is 2. The van der Waals surface area contributed by atoms with Crippen LogP contribution in [0.1, 0.15) is 32.1 Å². The number of morpholine rings is 1. The molecule has 1 saturated heterocycles. The first kappa shape index (κ1) is 18.6. The SMILES string of the molecule is c1cc2[nH]cc(-c3cnn(CCN4CCOCC4)c3)c2c(NC2CCCCC2)n1. The lowest BCUT2D eigenvalue weighted by atomic mass is 9.95. The number of H-pyrrole nitrogens is 1. The van der Waals surface area contributed by atoms with Gasteiger partial charge in [-0.05, 0) is 18.9 Å². The van der Waals surface area contributed by atoms with Crippen LogP contribution in [0.3, 0.4) is 0 Å². The lowest BCUT2D eigenvalue weighted by Crippen LogP contribution is -2.38. The maximum atomic E-state index is 5.43. The van der Waals surface area contributed by atoms with E-state index in [-0.39, 0.29) is 0 Å². The molecule has 0 aromatic carbocycles. The quantitative estimate of drug-likeness (QED) is 0.670. The first-order chi connectivity index (χ1) is 14.4. The van der Waals surface area contributed by atoms with Gasteiger partial charge in [0, 0.05) is 60.8 Å². The molecule has 1 aliphatic carbocycles. The highest BCUT2D eigenvalue weighted by molar-refractivity contribution is 6.02. The third kappa shape index (κ3) is 4.16. The lowest BCUT2D eigenvalue weighted by molar-refractivity contribution is 0.0360. The van der Waals surface area contributed by atoms with E-state index >= 15 is 0 Å². The van der Waals surface area contributed by atoms with Crippen LogP contribution in [0.5, 0.6) is 0 Å². The van der Waals surface area contributed by atoms with E-state index in [0.29, 0.717) is 6.04 Å². The second-order valence-electron chi connectivity index (χ2n) is 8.21. The zero-order chi connectivity index (χ0) is 19.5. The van der Waals surface area contributed by atoms with Crippen molar-refractivity contribution in [3.05, 3.63) is 30.9 Å². The molecule has 2 fully saturated rings. The van der Waals surface area contributed by atoms with Crippen LogP contribution < -0.4 is 5.32 Å². The third-order valence-corrected chi connectivity index (χ3v) is 6.23. The minimum Gasteiger partial charge on any atom is -0.379 e. The van der Waals surface area contributed by atoms with Crippen molar-refractivity contribution in [1.82, 2.24) is 24.6 Å².